The molecule has 0 saturated heterocycles. The summed E-state index contributed by atoms with van der Waals surface area (Å²) in [6, 6.07) is 6.36. The highest BCUT2D eigenvalue weighted by Gasteiger charge is 2.39. The van der Waals surface area contributed by atoms with Crippen LogP contribution >= 0.6 is 0 Å². The Labute approximate surface area is 135 Å². The highest BCUT2D eigenvalue weighted by atomic mass is 28.4. The first-order valence-electron chi connectivity index (χ1n) is 7.97. The first-order valence-corrected chi connectivity index (χ1v) is 10.9. The van der Waals surface area contributed by atoms with E-state index < -0.39 is 8.32 Å². The van der Waals surface area contributed by atoms with E-state index in [2.05, 4.69) is 52.1 Å². The van der Waals surface area contributed by atoms with Crippen molar-refractivity contribution in [1.29, 1.82) is 0 Å². The van der Waals surface area contributed by atoms with Crippen LogP contribution in [0.25, 0.3) is 11.0 Å². The second-order valence-corrected chi connectivity index (χ2v) is 12.6. The summed E-state index contributed by atoms with van der Waals surface area (Å²) in [6.45, 7) is 15.3. The van der Waals surface area contributed by atoms with E-state index >= 15 is 0 Å². The summed E-state index contributed by atoms with van der Waals surface area (Å²) in [6.07, 6.45) is 0.790. The molecular weight excluding hydrogens is 290 g/mol. The van der Waals surface area contributed by atoms with Crippen molar-refractivity contribution in [3.05, 3.63) is 29.5 Å². The molecule has 0 amide bonds. The van der Waals surface area contributed by atoms with Crippen LogP contribution in [0, 0.1) is 6.92 Å². The van der Waals surface area contributed by atoms with Crippen molar-refractivity contribution in [3.63, 3.8) is 0 Å². The molecule has 1 aromatic carbocycles. The van der Waals surface area contributed by atoms with Crippen LogP contribution in [-0.2, 0) is 6.42 Å². The topological polar surface area (TPSA) is 48.4 Å². The molecule has 0 saturated carbocycles. The number of aryl methyl sites for hydroxylation is 1. The Morgan fingerprint density at radius 1 is 1.23 bits per heavy atom. The summed E-state index contributed by atoms with van der Waals surface area (Å²) in [5.74, 6) is 1.86. The lowest BCUT2D eigenvalue weighted by atomic mass is 10.0. The van der Waals surface area contributed by atoms with Gasteiger partial charge in [-0.2, -0.15) is 0 Å². The monoisotopic (exact) mass is 319 g/mol. The lowest BCUT2D eigenvalue weighted by Gasteiger charge is -2.36. The maximum absolute atomic E-state index is 6.46. The molecule has 2 aromatic rings. The third-order valence-corrected chi connectivity index (χ3v) is 8.87. The Morgan fingerprint density at radius 2 is 1.86 bits per heavy atom. The molecule has 0 aliphatic carbocycles. The van der Waals surface area contributed by atoms with E-state index in [1.165, 1.54) is 0 Å². The van der Waals surface area contributed by atoms with Gasteiger partial charge in [-0.3, -0.25) is 0 Å². The van der Waals surface area contributed by atoms with Crippen LogP contribution in [0.1, 0.15) is 39.0 Å². The van der Waals surface area contributed by atoms with E-state index in [1.807, 2.05) is 13.8 Å². The van der Waals surface area contributed by atoms with Gasteiger partial charge in [-0.25, -0.2) is 0 Å². The standard InChI is InChI=1S/C18H29NO2Si/c1-12(19)8-14-10-16(21-22(6,7)18(3,4)5)11-15-9-13(2)20-17(14)15/h9-12H,8,19H2,1-7H3. The van der Waals surface area contributed by atoms with Gasteiger partial charge in [-0.15, -0.1) is 0 Å². The summed E-state index contributed by atoms with van der Waals surface area (Å²) in [7, 11) is -1.85. The molecule has 1 heterocycles. The summed E-state index contributed by atoms with van der Waals surface area (Å²) in [5, 5.41) is 1.28. The van der Waals surface area contributed by atoms with E-state index in [-0.39, 0.29) is 11.1 Å². The quantitative estimate of drug-likeness (QED) is 0.805. The molecule has 2 N–H and O–H groups in total. The van der Waals surface area contributed by atoms with E-state index in [9.17, 15) is 0 Å². The molecule has 122 valence electrons. The van der Waals surface area contributed by atoms with Crippen molar-refractivity contribution < 1.29 is 8.84 Å². The molecule has 0 aliphatic heterocycles. The normalized spacial score (nSPS) is 14.4. The summed E-state index contributed by atoms with van der Waals surface area (Å²) < 4.78 is 12.3. The fourth-order valence-corrected chi connectivity index (χ4v) is 3.34. The lowest BCUT2D eigenvalue weighted by Crippen LogP contribution is -2.43. The van der Waals surface area contributed by atoms with Gasteiger partial charge in [0.25, 0.3) is 0 Å². The van der Waals surface area contributed by atoms with Crippen molar-refractivity contribution >= 4 is 19.3 Å². The van der Waals surface area contributed by atoms with Crippen molar-refractivity contribution in [2.24, 2.45) is 5.73 Å². The molecule has 2 rings (SSSR count). The largest absolute Gasteiger partial charge is 0.543 e. The SMILES string of the molecule is Cc1cc2cc(O[Si](C)(C)C(C)(C)C)cc(CC(C)N)c2o1. The van der Waals surface area contributed by atoms with E-state index in [1.54, 1.807) is 0 Å². The first kappa shape index (κ1) is 17.1. The minimum atomic E-state index is -1.85. The van der Waals surface area contributed by atoms with Crippen LogP contribution < -0.4 is 10.2 Å². The molecule has 4 heteroatoms. The van der Waals surface area contributed by atoms with Gasteiger partial charge in [-0.05, 0) is 56.6 Å². The van der Waals surface area contributed by atoms with Gasteiger partial charge in [0.1, 0.15) is 17.1 Å². The van der Waals surface area contributed by atoms with Gasteiger partial charge >= 0.3 is 0 Å². The van der Waals surface area contributed by atoms with Crippen LogP contribution in [0.15, 0.2) is 22.6 Å². The van der Waals surface area contributed by atoms with Crippen LogP contribution in [0.3, 0.4) is 0 Å². The first-order chi connectivity index (χ1) is 9.99. The van der Waals surface area contributed by atoms with Crippen LogP contribution in [0.5, 0.6) is 5.75 Å². The van der Waals surface area contributed by atoms with Crippen molar-refractivity contribution in [2.75, 3.05) is 0 Å². The van der Waals surface area contributed by atoms with Gasteiger partial charge in [-0.1, -0.05) is 20.8 Å². The molecular formula is C18H29NO2Si. The molecule has 0 radical (unpaired) electrons. The number of benzene rings is 1. The zero-order chi connectivity index (χ0) is 16.7. The molecule has 0 bridgehead atoms. The average Bonchev–Trinajstić information content (AvgIpc) is 2.66. The number of rotatable bonds is 4. The third kappa shape index (κ3) is 3.55. The summed E-state index contributed by atoms with van der Waals surface area (Å²) >= 11 is 0. The van der Waals surface area contributed by atoms with Gasteiger partial charge in [0, 0.05) is 17.0 Å². The summed E-state index contributed by atoms with van der Waals surface area (Å²) in [4.78, 5) is 0. The van der Waals surface area contributed by atoms with Crippen molar-refractivity contribution in [3.8, 4) is 5.75 Å². The second kappa shape index (κ2) is 5.74. The molecule has 1 unspecified atom stereocenters. The van der Waals surface area contributed by atoms with Gasteiger partial charge in [0.15, 0.2) is 0 Å². The number of fused-ring (bicyclic) bond motifs is 1. The van der Waals surface area contributed by atoms with Crippen LogP contribution in [0.4, 0.5) is 0 Å². The van der Waals surface area contributed by atoms with E-state index in [0.29, 0.717) is 0 Å². The molecule has 0 fully saturated rings. The zero-order valence-corrected chi connectivity index (χ0v) is 15.9. The minimum Gasteiger partial charge on any atom is -0.543 e. The predicted molar refractivity (Wildman–Crippen MR) is 96.1 cm³/mol. The highest BCUT2D eigenvalue weighted by Crippen LogP contribution is 2.38. The Kier molecular flexibility index (Phi) is 4.46. The number of hydrogen-bond acceptors (Lipinski definition) is 3. The molecule has 3 nitrogen and oxygen atoms in total. The second-order valence-electron chi connectivity index (χ2n) is 7.90. The van der Waals surface area contributed by atoms with Crippen molar-refractivity contribution in [2.45, 2.75) is 65.2 Å². The third-order valence-electron chi connectivity index (χ3n) is 4.51. The Balaban J connectivity index is 2.47. The average molecular weight is 320 g/mol. The molecule has 1 atom stereocenters. The number of hydrogen-bond donors (Lipinski definition) is 1. The fourth-order valence-electron chi connectivity index (χ4n) is 2.33. The lowest BCUT2D eigenvalue weighted by molar-refractivity contribution is 0.491. The fraction of sp³-hybridized carbons (Fsp3) is 0.556. The van der Waals surface area contributed by atoms with Crippen LogP contribution in [-0.4, -0.2) is 14.4 Å². The minimum absolute atomic E-state index is 0.0942. The molecule has 0 aliphatic rings. The van der Waals surface area contributed by atoms with E-state index in [4.69, 9.17) is 14.6 Å². The molecule has 1 aromatic heterocycles. The van der Waals surface area contributed by atoms with Gasteiger partial charge in [0.05, 0.1) is 0 Å². The number of furan rings is 1. The van der Waals surface area contributed by atoms with Crippen LogP contribution in [0.2, 0.25) is 18.1 Å². The van der Waals surface area contributed by atoms with E-state index in [0.717, 1.165) is 34.5 Å². The number of nitrogens with two attached hydrogens (primary N) is 1. The molecule has 22 heavy (non-hydrogen) atoms. The van der Waals surface area contributed by atoms with Gasteiger partial charge < -0.3 is 14.6 Å². The maximum atomic E-state index is 6.46. The Morgan fingerprint density at radius 3 is 2.41 bits per heavy atom. The van der Waals surface area contributed by atoms with Gasteiger partial charge in [0.2, 0.25) is 8.32 Å². The Hall–Kier alpha value is -1.26. The summed E-state index contributed by atoms with van der Waals surface area (Å²) in [5.41, 5.74) is 8.07. The highest BCUT2D eigenvalue weighted by molar-refractivity contribution is 6.74. The zero-order valence-electron chi connectivity index (χ0n) is 14.9. The van der Waals surface area contributed by atoms with Crippen molar-refractivity contribution in [1.82, 2.24) is 0 Å². The maximum Gasteiger partial charge on any atom is 0.250 e. The predicted octanol–water partition coefficient (Wildman–Crippen LogP) is 5.01. The molecule has 0 spiro atoms. The smallest absolute Gasteiger partial charge is 0.250 e. The Bertz CT molecular complexity index is 666.